The number of halogens is 1. The lowest BCUT2D eigenvalue weighted by Gasteiger charge is -2.19. The normalized spacial score (nSPS) is 20.0. The molecule has 1 aliphatic heterocycles. The van der Waals surface area contributed by atoms with Gasteiger partial charge in [-0.1, -0.05) is 17.7 Å². The third-order valence-electron chi connectivity index (χ3n) is 3.78. The second-order valence-corrected chi connectivity index (χ2v) is 5.51. The molecule has 0 radical (unpaired) electrons. The topological polar surface area (TPSA) is 25.4 Å². The van der Waals surface area contributed by atoms with E-state index in [1.54, 1.807) is 6.20 Å². The van der Waals surface area contributed by atoms with Gasteiger partial charge in [0, 0.05) is 22.6 Å². The molecule has 1 aromatic carbocycles. The van der Waals surface area contributed by atoms with Crippen molar-refractivity contribution in [1.29, 1.82) is 0 Å². The Morgan fingerprint density at radius 3 is 3.11 bits per heavy atom. The number of likely N-dealkylation sites (N-methyl/N-ethyl adjacent to an activating group) is 1. The molecule has 3 nitrogen and oxygen atoms in total. The smallest absolute Gasteiger partial charge is 0.221 e. The molecule has 100 valence electrons. The number of pyridine rings is 1. The van der Waals surface area contributed by atoms with Crippen molar-refractivity contribution in [3.05, 3.63) is 35.5 Å². The summed E-state index contributed by atoms with van der Waals surface area (Å²) in [4.78, 5) is 6.68. The minimum absolute atomic E-state index is 0.497. The Labute approximate surface area is 118 Å². The maximum absolute atomic E-state index is 6.05. The zero-order valence-corrected chi connectivity index (χ0v) is 11.7. The Hall–Kier alpha value is -1.32. The van der Waals surface area contributed by atoms with Gasteiger partial charge < -0.3 is 9.64 Å². The molecule has 1 saturated heterocycles. The molecule has 1 unspecified atom stereocenters. The number of nitrogens with zero attached hydrogens (tertiary/aromatic N) is 2. The molecule has 1 fully saturated rings. The molecule has 0 aliphatic carbocycles. The van der Waals surface area contributed by atoms with E-state index in [1.807, 2.05) is 24.3 Å². The van der Waals surface area contributed by atoms with Crippen molar-refractivity contribution in [1.82, 2.24) is 9.88 Å². The van der Waals surface area contributed by atoms with Crippen LogP contribution in [0.4, 0.5) is 0 Å². The Morgan fingerprint density at radius 1 is 1.42 bits per heavy atom. The zero-order valence-electron chi connectivity index (χ0n) is 11.0. The molecule has 0 spiro atoms. The molecule has 19 heavy (non-hydrogen) atoms. The molecule has 0 bridgehead atoms. The quantitative estimate of drug-likeness (QED) is 0.860. The fourth-order valence-corrected chi connectivity index (χ4v) is 2.77. The molecular formula is C15H17ClN2O. The molecule has 1 aromatic heterocycles. The standard InChI is InChI=1S/C15H17ClN2O/c1-18-8-2-3-13(18)10-19-15-14-9-12(16)5-4-11(14)6-7-17-15/h4-7,9,13H,2-3,8,10H2,1H3. The van der Waals surface area contributed by atoms with Gasteiger partial charge in [-0.25, -0.2) is 4.98 Å². The summed E-state index contributed by atoms with van der Waals surface area (Å²) in [6.07, 6.45) is 4.23. The van der Waals surface area contributed by atoms with Gasteiger partial charge in [-0.3, -0.25) is 0 Å². The maximum atomic E-state index is 6.05. The van der Waals surface area contributed by atoms with Crippen molar-refractivity contribution in [2.24, 2.45) is 0 Å². The van der Waals surface area contributed by atoms with Crippen LogP contribution in [0.25, 0.3) is 10.8 Å². The Kier molecular flexibility index (Phi) is 3.58. The van der Waals surface area contributed by atoms with Crippen LogP contribution in [0.1, 0.15) is 12.8 Å². The van der Waals surface area contributed by atoms with Crippen LogP contribution in [0.5, 0.6) is 5.88 Å². The van der Waals surface area contributed by atoms with Crippen LogP contribution in [0.2, 0.25) is 5.02 Å². The highest BCUT2D eigenvalue weighted by atomic mass is 35.5. The van der Waals surface area contributed by atoms with E-state index in [2.05, 4.69) is 16.9 Å². The average Bonchev–Trinajstić information content (AvgIpc) is 2.82. The molecule has 4 heteroatoms. The van der Waals surface area contributed by atoms with Crippen LogP contribution < -0.4 is 4.74 Å². The highest BCUT2D eigenvalue weighted by molar-refractivity contribution is 6.31. The van der Waals surface area contributed by atoms with Crippen LogP contribution in [-0.4, -0.2) is 36.1 Å². The number of benzene rings is 1. The molecule has 0 saturated carbocycles. The van der Waals surface area contributed by atoms with Gasteiger partial charge in [0.15, 0.2) is 0 Å². The van der Waals surface area contributed by atoms with E-state index in [1.165, 1.54) is 12.8 Å². The van der Waals surface area contributed by atoms with Crippen molar-refractivity contribution in [2.75, 3.05) is 20.2 Å². The van der Waals surface area contributed by atoms with Gasteiger partial charge in [-0.05, 0) is 50.0 Å². The van der Waals surface area contributed by atoms with Crippen molar-refractivity contribution in [3.8, 4) is 5.88 Å². The van der Waals surface area contributed by atoms with Crippen LogP contribution in [0, 0.1) is 0 Å². The lowest BCUT2D eigenvalue weighted by molar-refractivity contribution is 0.195. The molecular weight excluding hydrogens is 260 g/mol. The van der Waals surface area contributed by atoms with Gasteiger partial charge in [-0.15, -0.1) is 0 Å². The first kappa shape index (κ1) is 12.7. The van der Waals surface area contributed by atoms with E-state index < -0.39 is 0 Å². The number of likely N-dealkylation sites (tertiary alicyclic amines) is 1. The predicted molar refractivity (Wildman–Crippen MR) is 77.9 cm³/mol. The SMILES string of the molecule is CN1CCCC1COc1nccc2ccc(Cl)cc12. The zero-order chi connectivity index (χ0) is 13.2. The van der Waals surface area contributed by atoms with Crippen LogP contribution in [0.15, 0.2) is 30.5 Å². The molecule has 2 heterocycles. The average molecular weight is 277 g/mol. The molecule has 1 aliphatic rings. The van der Waals surface area contributed by atoms with Gasteiger partial charge in [0.25, 0.3) is 0 Å². The van der Waals surface area contributed by atoms with Gasteiger partial charge in [0.1, 0.15) is 6.61 Å². The van der Waals surface area contributed by atoms with E-state index in [-0.39, 0.29) is 0 Å². The number of aromatic nitrogens is 1. The minimum Gasteiger partial charge on any atom is -0.476 e. The fraction of sp³-hybridized carbons (Fsp3) is 0.400. The first-order chi connectivity index (χ1) is 9.24. The summed E-state index contributed by atoms with van der Waals surface area (Å²) in [6.45, 7) is 1.85. The Bertz CT molecular complexity index is 587. The second-order valence-electron chi connectivity index (χ2n) is 5.07. The number of hydrogen-bond donors (Lipinski definition) is 0. The van der Waals surface area contributed by atoms with Crippen molar-refractivity contribution in [3.63, 3.8) is 0 Å². The van der Waals surface area contributed by atoms with Gasteiger partial charge in [0.2, 0.25) is 5.88 Å². The molecule has 3 rings (SSSR count). The molecule has 0 amide bonds. The third kappa shape index (κ3) is 2.67. The number of hydrogen-bond acceptors (Lipinski definition) is 3. The fourth-order valence-electron chi connectivity index (χ4n) is 2.59. The van der Waals surface area contributed by atoms with E-state index >= 15 is 0 Å². The van der Waals surface area contributed by atoms with Gasteiger partial charge >= 0.3 is 0 Å². The first-order valence-electron chi connectivity index (χ1n) is 6.61. The first-order valence-corrected chi connectivity index (χ1v) is 6.99. The van der Waals surface area contributed by atoms with Crippen LogP contribution in [-0.2, 0) is 0 Å². The highest BCUT2D eigenvalue weighted by Crippen LogP contribution is 2.27. The summed E-state index contributed by atoms with van der Waals surface area (Å²) in [5.74, 6) is 0.681. The monoisotopic (exact) mass is 276 g/mol. The lowest BCUT2D eigenvalue weighted by Crippen LogP contribution is -2.30. The van der Waals surface area contributed by atoms with Crippen LogP contribution in [0.3, 0.4) is 0 Å². The number of ether oxygens (including phenoxy) is 1. The highest BCUT2D eigenvalue weighted by Gasteiger charge is 2.21. The van der Waals surface area contributed by atoms with Gasteiger partial charge in [0.05, 0.1) is 0 Å². The number of rotatable bonds is 3. The van der Waals surface area contributed by atoms with E-state index in [0.717, 1.165) is 17.3 Å². The summed E-state index contributed by atoms with van der Waals surface area (Å²) in [7, 11) is 2.15. The van der Waals surface area contributed by atoms with E-state index in [4.69, 9.17) is 16.3 Å². The second kappa shape index (κ2) is 5.35. The van der Waals surface area contributed by atoms with Crippen LogP contribution >= 0.6 is 11.6 Å². The van der Waals surface area contributed by atoms with Crippen molar-refractivity contribution in [2.45, 2.75) is 18.9 Å². The third-order valence-corrected chi connectivity index (χ3v) is 4.01. The summed E-state index contributed by atoms with van der Waals surface area (Å²) in [5.41, 5.74) is 0. The molecule has 2 aromatic rings. The summed E-state index contributed by atoms with van der Waals surface area (Å²) in [5, 5.41) is 2.80. The lowest BCUT2D eigenvalue weighted by atomic mass is 10.2. The molecule has 0 N–H and O–H groups in total. The molecule has 1 atom stereocenters. The maximum Gasteiger partial charge on any atom is 0.221 e. The Balaban J connectivity index is 1.82. The summed E-state index contributed by atoms with van der Waals surface area (Å²) < 4.78 is 5.92. The van der Waals surface area contributed by atoms with E-state index in [9.17, 15) is 0 Å². The van der Waals surface area contributed by atoms with Gasteiger partial charge in [-0.2, -0.15) is 0 Å². The Morgan fingerprint density at radius 2 is 2.32 bits per heavy atom. The minimum atomic E-state index is 0.497. The summed E-state index contributed by atoms with van der Waals surface area (Å²) >= 11 is 6.05. The summed E-state index contributed by atoms with van der Waals surface area (Å²) in [6, 6.07) is 8.26. The van der Waals surface area contributed by atoms with Crippen molar-refractivity contribution < 1.29 is 4.74 Å². The largest absolute Gasteiger partial charge is 0.476 e. The predicted octanol–water partition coefficient (Wildman–Crippen LogP) is 3.36. The number of fused-ring (bicyclic) bond motifs is 1. The van der Waals surface area contributed by atoms with E-state index in [0.29, 0.717) is 23.6 Å². The van der Waals surface area contributed by atoms with Crippen molar-refractivity contribution >= 4 is 22.4 Å².